The Balaban J connectivity index is 1.89. The van der Waals surface area contributed by atoms with E-state index in [1.165, 1.54) is 12.0 Å². The highest BCUT2D eigenvalue weighted by Crippen LogP contribution is 2.16. The lowest BCUT2D eigenvalue weighted by Gasteiger charge is -2.11. The molecule has 20 heavy (non-hydrogen) atoms. The third-order valence-electron chi connectivity index (χ3n) is 3.09. The molecule has 1 N–H and O–H groups in total. The van der Waals surface area contributed by atoms with Gasteiger partial charge in [-0.25, -0.2) is 4.79 Å². The molecule has 108 valence electrons. The van der Waals surface area contributed by atoms with Gasteiger partial charge in [0.05, 0.1) is 13.7 Å². The Morgan fingerprint density at radius 3 is 3.00 bits per heavy atom. The fourth-order valence-electron chi connectivity index (χ4n) is 2.02. The monoisotopic (exact) mass is 293 g/mol. The maximum atomic E-state index is 11.5. The number of rotatable bonds is 6. The molecule has 1 unspecified atom stereocenters. The van der Waals surface area contributed by atoms with E-state index in [0.29, 0.717) is 23.9 Å². The van der Waals surface area contributed by atoms with Crippen LogP contribution in [0.2, 0.25) is 0 Å². The second kappa shape index (κ2) is 6.72. The van der Waals surface area contributed by atoms with Crippen LogP contribution in [0.4, 0.5) is 0 Å². The number of aryl methyl sites for hydroxylation is 1. The van der Waals surface area contributed by atoms with Gasteiger partial charge < -0.3 is 14.5 Å². The van der Waals surface area contributed by atoms with Crippen molar-refractivity contribution >= 4 is 17.3 Å². The first-order valence-electron chi connectivity index (χ1n) is 6.53. The average Bonchev–Trinajstić information content (AvgIpc) is 3.05. The number of ether oxygens (including phenoxy) is 1. The van der Waals surface area contributed by atoms with E-state index in [0.717, 1.165) is 12.2 Å². The fraction of sp³-hybridized carbons (Fsp3) is 0.400. The highest BCUT2D eigenvalue weighted by molar-refractivity contribution is 7.09. The smallest absolute Gasteiger partial charge is 0.341 e. The van der Waals surface area contributed by atoms with E-state index < -0.39 is 0 Å². The van der Waals surface area contributed by atoms with Gasteiger partial charge in [0.2, 0.25) is 0 Å². The zero-order valence-electron chi connectivity index (χ0n) is 11.9. The number of carbonyl (C=O) groups is 1. The van der Waals surface area contributed by atoms with Gasteiger partial charge in [-0.15, -0.1) is 11.3 Å². The molecule has 0 aliphatic rings. The molecular weight excluding hydrogens is 274 g/mol. The van der Waals surface area contributed by atoms with Gasteiger partial charge >= 0.3 is 5.97 Å². The molecule has 0 amide bonds. The second-order valence-corrected chi connectivity index (χ2v) is 5.77. The van der Waals surface area contributed by atoms with Gasteiger partial charge in [-0.1, -0.05) is 6.07 Å². The SMILES string of the molecule is COC(=O)c1cc(CNC(C)Cc2cccs2)oc1C. The van der Waals surface area contributed by atoms with Crippen LogP contribution in [0.15, 0.2) is 28.0 Å². The molecule has 0 bridgehead atoms. The predicted octanol–water partition coefficient (Wildman–Crippen LogP) is 3.16. The van der Waals surface area contributed by atoms with Crippen molar-refractivity contribution in [2.75, 3.05) is 7.11 Å². The summed E-state index contributed by atoms with van der Waals surface area (Å²) in [6, 6.07) is 6.28. The van der Waals surface area contributed by atoms with Gasteiger partial charge in [-0.3, -0.25) is 0 Å². The van der Waals surface area contributed by atoms with Gasteiger partial charge in [0.15, 0.2) is 0 Å². The van der Waals surface area contributed by atoms with Crippen LogP contribution in [-0.2, 0) is 17.7 Å². The van der Waals surface area contributed by atoms with Crippen LogP contribution in [0.25, 0.3) is 0 Å². The molecule has 0 fully saturated rings. The number of methoxy groups -OCH3 is 1. The zero-order chi connectivity index (χ0) is 14.5. The van der Waals surface area contributed by atoms with Crippen molar-refractivity contribution in [3.63, 3.8) is 0 Å². The van der Waals surface area contributed by atoms with Crippen LogP contribution in [0.1, 0.15) is 33.7 Å². The Hall–Kier alpha value is -1.59. The van der Waals surface area contributed by atoms with E-state index in [2.05, 4.69) is 29.8 Å². The van der Waals surface area contributed by atoms with Crippen LogP contribution in [0.5, 0.6) is 0 Å². The summed E-state index contributed by atoms with van der Waals surface area (Å²) in [5.41, 5.74) is 0.496. The number of hydrogen-bond donors (Lipinski definition) is 1. The molecule has 0 saturated carbocycles. The number of nitrogens with one attached hydrogen (secondary N) is 1. The summed E-state index contributed by atoms with van der Waals surface area (Å²) >= 11 is 1.76. The van der Waals surface area contributed by atoms with Crippen LogP contribution in [-0.4, -0.2) is 19.1 Å². The minimum Gasteiger partial charge on any atom is -0.465 e. The summed E-state index contributed by atoms with van der Waals surface area (Å²) in [6.45, 7) is 4.51. The summed E-state index contributed by atoms with van der Waals surface area (Å²) in [4.78, 5) is 12.9. The summed E-state index contributed by atoms with van der Waals surface area (Å²) in [6.07, 6.45) is 0.987. The van der Waals surface area contributed by atoms with Gasteiger partial charge in [-0.2, -0.15) is 0 Å². The van der Waals surface area contributed by atoms with E-state index in [-0.39, 0.29) is 5.97 Å². The largest absolute Gasteiger partial charge is 0.465 e. The van der Waals surface area contributed by atoms with Crippen molar-refractivity contribution in [3.8, 4) is 0 Å². The molecular formula is C15H19NO3S. The molecule has 2 heterocycles. The molecule has 0 aliphatic carbocycles. The van der Waals surface area contributed by atoms with Crippen LogP contribution >= 0.6 is 11.3 Å². The minimum atomic E-state index is -0.357. The third-order valence-corrected chi connectivity index (χ3v) is 3.99. The lowest BCUT2D eigenvalue weighted by Crippen LogP contribution is -2.27. The molecule has 2 aromatic heterocycles. The topological polar surface area (TPSA) is 51.5 Å². The van der Waals surface area contributed by atoms with Gasteiger partial charge in [0.25, 0.3) is 0 Å². The third kappa shape index (κ3) is 3.71. The van der Waals surface area contributed by atoms with E-state index in [9.17, 15) is 4.79 Å². The van der Waals surface area contributed by atoms with Gasteiger partial charge in [0, 0.05) is 10.9 Å². The summed E-state index contributed by atoms with van der Waals surface area (Å²) in [5.74, 6) is 0.990. The molecule has 1 atom stereocenters. The number of hydrogen-bond acceptors (Lipinski definition) is 5. The maximum Gasteiger partial charge on any atom is 0.341 e. The van der Waals surface area contributed by atoms with Crippen molar-refractivity contribution in [1.82, 2.24) is 5.32 Å². The highest BCUT2D eigenvalue weighted by atomic mass is 32.1. The van der Waals surface area contributed by atoms with Crippen LogP contribution < -0.4 is 5.32 Å². The number of esters is 1. The Kier molecular flexibility index (Phi) is 4.98. The van der Waals surface area contributed by atoms with Crippen molar-refractivity contribution in [2.24, 2.45) is 0 Å². The summed E-state index contributed by atoms with van der Waals surface area (Å²) in [5, 5.41) is 5.48. The molecule has 0 aromatic carbocycles. The first kappa shape index (κ1) is 14.8. The first-order chi connectivity index (χ1) is 9.60. The van der Waals surface area contributed by atoms with Gasteiger partial charge in [-0.05, 0) is 37.8 Å². The van der Waals surface area contributed by atoms with Crippen molar-refractivity contribution in [3.05, 3.63) is 45.5 Å². The predicted molar refractivity (Wildman–Crippen MR) is 79.1 cm³/mol. The maximum absolute atomic E-state index is 11.5. The van der Waals surface area contributed by atoms with Crippen LogP contribution in [0, 0.1) is 6.92 Å². The summed E-state index contributed by atoms with van der Waals surface area (Å²) < 4.78 is 10.3. The first-order valence-corrected chi connectivity index (χ1v) is 7.41. The van der Waals surface area contributed by atoms with Crippen molar-refractivity contribution < 1.29 is 13.9 Å². The van der Waals surface area contributed by atoms with E-state index in [1.54, 1.807) is 24.3 Å². The number of thiophene rings is 1. The quantitative estimate of drug-likeness (QED) is 0.831. The number of furan rings is 1. The molecule has 5 heteroatoms. The Bertz CT molecular complexity index is 560. The highest BCUT2D eigenvalue weighted by Gasteiger charge is 2.15. The normalized spacial score (nSPS) is 12.3. The zero-order valence-corrected chi connectivity index (χ0v) is 12.8. The molecule has 0 radical (unpaired) electrons. The fourth-order valence-corrected chi connectivity index (χ4v) is 2.86. The van der Waals surface area contributed by atoms with Gasteiger partial charge in [0.1, 0.15) is 17.1 Å². The Morgan fingerprint density at radius 1 is 1.55 bits per heavy atom. The van der Waals surface area contributed by atoms with E-state index in [4.69, 9.17) is 9.15 Å². The van der Waals surface area contributed by atoms with Crippen molar-refractivity contribution in [2.45, 2.75) is 32.9 Å². The lowest BCUT2D eigenvalue weighted by molar-refractivity contribution is 0.0599. The Morgan fingerprint density at radius 2 is 2.35 bits per heavy atom. The molecule has 0 spiro atoms. The van der Waals surface area contributed by atoms with Crippen LogP contribution in [0.3, 0.4) is 0 Å². The summed E-state index contributed by atoms with van der Waals surface area (Å²) in [7, 11) is 1.37. The molecule has 0 aliphatic heterocycles. The Labute approximate surface area is 122 Å². The van der Waals surface area contributed by atoms with E-state index in [1.807, 2.05) is 0 Å². The number of carbonyl (C=O) groups excluding carboxylic acids is 1. The molecule has 2 aromatic rings. The second-order valence-electron chi connectivity index (χ2n) is 4.74. The standard InChI is InChI=1S/C15H19NO3S/c1-10(7-13-5-4-6-20-13)16-9-12-8-14(11(2)19-12)15(17)18-3/h4-6,8,10,16H,7,9H2,1-3H3. The average molecular weight is 293 g/mol. The molecule has 4 nitrogen and oxygen atoms in total. The molecule has 0 saturated heterocycles. The lowest BCUT2D eigenvalue weighted by atomic mass is 10.2. The van der Waals surface area contributed by atoms with Crippen molar-refractivity contribution in [1.29, 1.82) is 0 Å². The minimum absolute atomic E-state index is 0.348. The van der Waals surface area contributed by atoms with E-state index >= 15 is 0 Å². The molecule has 2 rings (SSSR count).